The fourth-order valence-electron chi connectivity index (χ4n) is 3.99. The third-order valence-corrected chi connectivity index (χ3v) is 5.97. The third kappa shape index (κ3) is 3.82. The van der Waals surface area contributed by atoms with E-state index in [9.17, 15) is 19.4 Å². The molecule has 30 heavy (non-hydrogen) atoms. The Labute approximate surface area is 176 Å². The van der Waals surface area contributed by atoms with Crippen molar-refractivity contribution in [3.8, 4) is 11.4 Å². The monoisotopic (exact) mass is 433 g/mol. The lowest BCUT2D eigenvalue weighted by molar-refractivity contribution is -0.153. The van der Waals surface area contributed by atoms with Gasteiger partial charge < -0.3 is 20.5 Å². The molecule has 4 rings (SSSR count). The maximum Gasteiger partial charge on any atom is 0.309 e. The molecule has 3 heterocycles. The van der Waals surface area contributed by atoms with Gasteiger partial charge in [-0.05, 0) is 38.7 Å². The molecule has 8 nitrogen and oxygen atoms in total. The number of fused-ring (bicyclic) bond motifs is 1. The van der Waals surface area contributed by atoms with Gasteiger partial charge >= 0.3 is 5.97 Å². The lowest BCUT2D eigenvalue weighted by Gasteiger charge is -2.39. The maximum atomic E-state index is 14.4. The summed E-state index contributed by atoms with van der Waals surface area (Å²) in [5.74, 6) is -2.31. The number of aromatic nitrogens is 4. The Hall–Kier alpha value is -2.78. The molecule has 0 bridgehead atoms. The molecule has 3 aromatic heterocycles. The van der Waals surface area contributed by atoms with Crippen LogP contribution in [0.5, 0.6) is 0 Å². The molecule has 0 saturated heterocycles. The Morgan fingerprint density at radius 2 is 2.23 bits per heavy atom. The van der Waals surface area contributed by atoms with E-state index in [4.69, 9.17) is 11.6 Å². The number of halogens is 2. The number of H-pyrrole nitrogens is 1. The summed E-state index contributed by atoms with van der Waals surface area (Å²) in [6, 6.07) is 1.41. The van der Waals surface area contributed by atoms with E-state index in [1.54, 1.807) is 12.3 Å². The topological polar surface area (TPSA) is 124 Å². The number of carbonyl (C=O) groups is 1. The van der Waals surface area contributed by atoms with Gasteiger partial charge in [-0.3, -0.25) is 4.79 Å². The molecule has 1 unspecified atom stereocenters. The average molecular weight is 434 g/mol. The standard InChI is InChI=1S/C20H21ClFN5O3/c1-10(19(28)29)20(30)4-2-3-12(6-20)26-18-15(22)9-25-17(27-18)14-8-24-16-13(14)5-11(21)7-23-16/h5,7-10,12,30H,2-4,6H2,1H3,(H,23,24)(H,28,29)(H,25,26,27)/t10?,12-,20-/m0/s1. The Bertz CT molecular complexity index is 1110. The molecule has 1 saturated carbocycles. The molecular weight excluding hydrogens is 413 g/mol. The molecular formula is C20H21ClFN5O3. The van der Waals surface area contributed by atoms with Crippen molar-refractivity contribution in [2.75, 3.05) is 5.32 Å². The van der Waals surface area contributed by atoms with Crippen molar-refractivity contribution >= 4 is 34.4 Å². The summed E-state index contributed by atoms with van der Waals surface area (Å²) >= 11 is 6.04. The van der Waals surface area contributed by atoms with Gasteiger partial charge in [0.05, 0.1) is 22.7 Å². The van der Waals surface area contributed by atoms with Crippen molar-refractivity contribution in [2.45, 2.75) is 44.2 Å². The Kier molecular flexibility index (Phi) is 5.33. The summed E-state index contributed by atoms with van der Waals surface area (Å²) in [6.45, 7) is 1.49. The van der Waals surface area contributed by atoms with Crippen LogP contribution in [0.3, 0.4) is 0 Å². The van der Waals surface area contributed by atoms with Crippen molar-refractivity contribution in [3.63, 3.8) is 0 Å². The van der Waals surface area contributed by atoms with Gasteiger partial charge in [-0.15, -0.1) is 0 Å². The SMILES string of the molecule is CC(C(=O)O)[C@]1(O)CCC[C@H](Nc2nc(-c3c[nH]c4ncc(Cl)cc34)ncc2F)C1. The predicted octanol–water partition coefficient (Wildman–Crippen LogP) is 3.62. The minimum atomic E-state index is -1.35. The highest BCUT2D eigenvalue weighted by molar-refractivity contribution is 6.31. The fraction of sp³-hybridized carbons (Fsp3) is 0.400. The van der Waals surface area contributed by atoms with E-state index >= 15 is 0 Å². The Balaban J connectivity index is 1.61. The molecule has 10 heteroatoms. The van der Waals surface area contributed by atoms with Gasteiger partial charge in [0.15, 0.2) is 17.5 Å². The Morgan fingerprint density at radius 3 is 3.00 bits per heavy atom. The minimum Gasteiger partial charge on any atom is -0.481 e. The molecule has 0 radical (unpaired) electrons. The number of rotatable bonds is 5. The average Bonchev–Trinajstić information content (AvgIpc) is 3.12. The van der Waals surface area contributed by atoms with Crippen molar-refractivity contribution in [1.82, 2.24) is 19.9 Å². The number of anilines is 1. The molecule has 1 aliphatic rings. The lowest BCUT2D eigenvalue weighted by atomic mass is 9.74. The van der Waals surface area contributed by atoms with Crippen LogP contribution in [0.25, 0.3) is 22.4 Å². The van der Waals surface area contributed by atoms with Gasteiger partial charge in [0, 0.05) is 29.4 Å². The molecule has 0 aliphatic heterocycles. The molecule has 158 valence electrons. The Morgan fingerprint density at radius 1 is 1.43 bits per heavy atom. The van der Waals surface area contributed by atoms with Crippen LogP contribution in [0, 0.1) is 11.7 Å². The van der Waals surface area contributed by atoms with Gasteiger partial charge in [-0.1, -0.05) is 11.6 Å². The number of nitrogens with zero attached hydrogens (tertiary/aromatic N) is 3. The van der Waals surface area contributed by atoms with Gasteiger partial charge in [0.2, 0.25) is 0 Å². The highest BCUT2D eigenvalue weighted by atomic mass is 35.5. The van der Waals surface area contributed by atoms with E-state index in [2.05, 4.69) is 25.3 Å². The van der Waals surface area contributed by atoms with Crippen LogP contribution >= 0.6 is 11.6 Å². The highest BCUT2D eigenvalue weighted by Gasteiger charge is 2.42. The number of carboxylic acids is 1. The van der Waals surface area contributed by atoms with Crippen molar-refractivity contribution in [2.24, 2.45) is 5.92 Å². The lowest BCUT2D eigenvalue weighted by Crippen LogP contribution is -2.47. The second-order valence-corrected chi connectivity index (χ2v) is 8.18. The zero-order valence-corrected chi connectivity index (χ0v) is 16.9. The quantitative estimate of drug-likeness (QED) is 0.484. The van der Waals surface area contributed by atoms with E-state index in [0.717, 1.165) is 6.20 Å². The first-order valence-corrected chi connectivity index (χ1v) is 10.0. The molecule has 3 aromatic rings. The van der Waals surface area contributed by atoms with Crippen molar-refractivity contribution < 1.29 is 19.4 Å². The summed E-state index contributed by atoms with van der Waals surface area (Å²) in [5.41, 5.74) is -0.118. The second kappa shape index (κ2) is 7.81. The van der Waals surface area contributed by atoms with E-state index in [1.807, 2.05) is 0 Å². The molecule has 1 aliphatic carbocycles. The first-order valence-electron chi connectivity index (χ1n) is 9.64. The summed E-state index contributed by atoms with van der Waals surface area (Å²) in [4.78, 5) is 27.0. The zero-order valence-electron chi connectivity index (χ0n) is 16.2. The van der Waals surface area contributed by atoms with Gasteiger partial charge in [0.1, 0.15) is 5.65 Å². The fourth-order valence-corrected chi connectivity index (χ4v) is 4.14. The number of hydrogen-bond acceptors (Lipinski definition) is 6. The normalized spacial score (nSPS) is 22.7. The summed E-state index contributed by atoms with van der Waals surface area (Å²) in [6.07, 6.45) is 6.14. The first-order chi connectivity index (χ1) is 14.3. The molecule has 1 fully saturated rings. The van der Waals surface area contributed by atoms with Crippen LogP contribution in [0.2, 0.25) is 5.02 Å². The number of aliphatic hydroxyl groups is 1. The van der Waals surface area contributed by atoms with Gasteiger partial charge in [-0.25, -0.2) is 19.3 Å². The number of nitrogens with one attached hydrogen (secondary N) is 2. The van der Waals surface area contributed by atoms with Crippen LogP contribution in [-0.4, -0.2) is 47.8 Å². The number of pyridine rings is 1. The summed E-state index contributed by atoms with van der Waals surface area (Å²) < 4.78 is 14.4. The minimum absolute atomic E-state index is 0.00145. The van der Waals surface area contributed by atoms with E-state index in [-0.39, 0.29) is 18.3 Å². The molecule has 4 N–H and O–H groups in total. The predicted molar refractivity (Wildman–Crippen MR) is 110 cm³/mol. The molecule has 0 amide bonds. The number of carboxylic acid groups (broad SMARTS) is 1. The van der Waals surface area contributed by atoms with Crippen LogP contribution in [0.4, 0.5) is 10.2 Å². The van der Waals surface area contributed by atoms with E-state index in [0.29, 0.717) is 46.7 Å². The third-order valence-electron chi connectivity index (χ3n) is 5.76. The van der Waals surface area contributed by atoms with Crippen molar-refractivity contribution in [3.05, 3.63) is 35.5 Å². The van der Waals surface area contributed by atoms with E-state index < -0.39 is 23.3 Å². The zero-order chi connectivity index (χ0) is 21.5. The largest absolute Gasteiger partial charge is 0.481 e. The highest BCUT2D eigenvalue weighted by Crippen LogP contribution is 2.36. The molecule has 0 aromatic carbocycles. The van der Waals surface area contributed by atoms with Crippen LogP contribution in [0.15, 0.2) is 24.7 Å². The maximum absolute atomic E-state index is 14.4. The number of hydrogen-bond donors (Lipinski definition) is 4. The van der Waals surface area contributed by atoms with Crippen LogP contribution < -0.4 is 5.32 Å². The molecule has 3 atom stereocenters. The number of aliphatic carboxylic acids is 1. The second-order valence-electron chi connectivity index (χ2n) is 7.74. The summed E-state index contributed by atoms with van der Waals surface area (Å²) in [7, 11) is 0. The van der Waals surface area contributed by atoms with Crippen LogP contribution in [0.1, 0.15) is 32.6 Å². The van der Waals surface area contributed by atoms with Crippen LogP contribution in [-0.2, 0) is 4.79 Å². The molecule has 0 spiro atoms. The van der Waals surface area contributed by atoms with Crippen molar-refractivity contribution in [1.29, 1.82) is 0 Å². The smallest absolute Gasteiger partial charge is 0.309 e. The van der Waals surface area contributed by atoms with E-state index in [1.165, 1.54) is 13.1 Å². The summed E-state index contributed by atoms with van der Waals surface area (Å²) in [5, 5.41) is 24.3. The number of aromatic amines is 1. The van der Waals surface area contributed by atoms with Gasteiger partial charge in [0.25, 0.3) is 0 Å². The van der Waals surface area contributed by atoms with Gasteiger partial charge in [-0.2, -0.15) is 0 Å². The first kappa shape index (κ1) is 20.5.